The van der Waals surface area contributed by atoms with E-state index in [1.54, 1.807) is 13.8 Å². The number of rotatable bonds is 6. The van der Waals surface area contributed by atoms with Crippen molar-refractivity contribution in [2.45, 2.75) is 47.5 Å². The second-order valence-corrected chi connectivity index (χ2v) is 4.36. The fourth-order valence-electron chi connectivity index (χ4n) is 1.42. The van der Waals surface area contributed by atoms with E-state index in [1.165, 1.54) is 5.57 Å². The predicted molar refractivity (Wildman–Crippen MR) is 62.7 cm³/mol. The monoisotopic (exact) mass is 210 g/mol. The molecule has 0 radical (unpaired) electrons. The van der Waals surface area contributed by atoms with Crippen molar-refractivity contribution in [3.8, 4) is 0 Å². The lowest BCUT2D eigenvalue weighted by atomic mass is 9.89. The first-order valence-corrected chi connectivity index (χ1v) is 5.59. The summed E-state index contributed by atoms with van der Waals surface area (Å²) in [5.74, 6) is -0.371. The Balaban J connectivity index is 4.32. The van der Waals surface area contributed by atoms with Crippen LogP contribution in [-0.4, -0.2) is 11.6 Å². The van der Waals surface area contributed by atoms with Crippen molar-refractivity contribution in [2.75, 3.05) is 0 Å². The number of hydrogen-bond acceptors (Lipinski definition) is 2. The van der Waals surface area contributed by atoms with Crippen LogP contribution in [0.4, 0.5) is 0 Å². The number of carbonyl (C=O) groups is 2. The molecule has 0 aliphatic carbocycles. The molecule has 15 heavy (non-hydrogen) atoms. The maximum atomic E-state index is 11.8. The molecular formula is C13H22O2. The Labute approximate surface area is 92.8 Å². The summed E-state index contributed by atoms with van der Waals surface area (Å²) in [5.41, 5.74) is 1.21. The molecule has 0 bridgehead atoms. The van der Waals surface area contributed by atoms with Crippen molar-refractivity contribution >= 4 is 11.6 Å². The molecule has 0 fully saturated rings. The van der Waals surface area contributed by atoms with Gasteiger partial charge in [-0.3, -0.25) is 9.59 Å². The van der Waals surface area contributed by atoms with Gasteiger partial charge in [-0.25, -0.2) is 0 Å². The van der Waals surface area contributed by atoms with Gasteiger partial charge in [0.2, 0.25) is 0 Å². The Hall–Kier alpha value is -0.920. The smallest absolute Gasteiger partial charge is 0.146 e. The second kappa shape index (κ2) is 6.54. The van der Waals surface area contributed by atoms with Crippen molar-refractivity contribution in [1.29, 1.82) is 0 Å². The Morgan fingerprint density at radius 2 is 1.73 bits per heavy atom. The van der Waals surface area contributed by atoms with Crippen molar-refractivity contribution in [2.24, 2.45) is 11.8 Å². The molecule has 0 spiro atoms. The summed E-state index contributed by atoms with van der Waals surface area (Å²) in [6.45, 7) is 9.43. The number of hydrogen-bond donors (Lipinski definition) is 0. The highest BCUT2D eigenvalue weighted by Gasteiger charge is 2.23. The number of carbonyl (C=O) groups excluding carboxylic acids is 2. The third kappa shape index (κ3) is 4.91. The zero-order valence-corrected chi connectivity index (χ0v) is 10.5. The van der Waals surface area contributed by atoms with Gasteiger partial charge < -0.3 is 0 Å². The molecule has 0 rings (SSSR count). The van der Waals surface area contributed by atoms with Gasteiger partial charge in [0.1, 0.15) is 11.6 Å². The molecule has 0 aliphatic rings. The van der Waals surface area contributed by atoms with E-state index < -0.39 is 5.92 Å². The molecule has 2 atom stereocenters. The molecule has 0 aromatic heterocycles. The van der Waals surface area contributed by atoms with Crippen LogP contribution in [0, 0.1) is 11.8 Å². The Kier molecular flexibility index (Phi) is 6.14. The van der Waals surface area contributed by atoms with Crippen molar-refractivity contribution in [1.82, 2.24) is 0 Å². The van der Waals surface area contributed by atoms with E-state index in [4.69, 9.17) is 0 Å². The van der Waals surface area contributed by atoms with E-state index >= 15 is 0 Å². The summed E-state index contributed by atoms with van der Waals surface area (Å²) in [5, 5.41) is 0. The number of Topliss-reactive ketones (excluding diaryl/α,β-unsaturated/α-hetero) is 2. The molecule has 0 aromatic carbocycles. The summed E-state index contributed by atoms with van der Waals surface area (Å²) < 4.78 is 0. The van der Waals surface area contributed by atoms with Crippen LogP contribution in [-0.2, 0) is 9.59 Å². The van der Waals surface area contributed by atoms with Crippen LogP contribution in [0.25, 0.3) is 0 Å². The van der Waals surface area contributed by atoms with E-state index in [0.29, 0.717) is 6.42 Å². The van der Waals surface area contributed by atoms with Gasteiger partial charge in [0.25, 0.3) is 0 Å². The Morgan fingerprint density at radius 1 is 1.20 bits per heavy atom. The molecule has 2 nitrogen and oxygen atoms in total. The average molecular weight is 210 g/mol. The van der Waals surface area contributed by atoms with Crippen molar-refractivity contribution in [3.63, 3.8) is 0 Å². The van der Waals surface area contributed by atoms with Gasteiger partial charge >= 0.3 is 0 Å². The molecule has 0 aliphatic heterocycles. The minimum Gasteiger partial charge on any atom is -0.299 e. The standard InChI is InChI=1S/C13H22O2/c1-6-12(14)11(5)13(15)10(4)8-7-9(2)3/h7,10-11H,6,8H2,1-5H3. The molecule has 0 N–H and O–H groups in total. The lowest BCUT2D eigenvalue weighted by molar-refractivity contribution is -0.133. The highest BCUT2D eigenvalue weighted by molar-refractivity contribution is 6.02. The summed E-state index contributed by atoms with van der Waals surface area (Å²) in [4.78, 5) is 23.2. The quantitative estimate of drug-likeness (QED) is 0.498. The number of ketones is 2. The SMILES string of the molecule is CCC(=O)C(C)C(=O)C(C)CC=C(C)C. The van der Waals surface area contributed by atoms with Gasteiger partial charge in [0.15, 0.2) is 0 Å². The summed E-state index contributed by atoms with van der Waals surface area (Å²) >= 11 is 0. The van der Waals surface area contributed by atoms with Crippen LogP contribution < -0.4 is 0 Å². The molecule has 0 saturated heterocycles. The molecule has 2 unspecified atom stereocenters. The first-order valence-electron chi connectivity index (χ1n) is 5.59. The van der Waals surface area contributed by atoms with Gasteiger partial charge in [-0.15, -0.1) is 0 Å². The fraction of sp³-hybridized carbons (Fsp3) is 0.692. The maximum Gasteiger partial charge on any atom is 0.146 e. The molecule has 0 heterocycles. The van der Waals surface area contributed by atoms with Crippen LogP contribution in [0.3, 0.4) is 0 Å². The van der Waals surface area contributed by atoms with Crippen molar-refractivity contribution < 1.29 is 9.59 Å². The molecule has 86 valence electrons. The largest absolute Gasteiger partial charge is 0.299 e. The van der Waals surface area contributed by atoms with Gasteiger partial charge in [0, 0.05) is 12.3 Å². The molecule has 0 aromatic rings. The first kappa shape index (κ1) is 14.1. The highest BCUT2D eigenvalue weighted by Crippen LogP contribution is 2.14. The van der Waals surface area contributed by atoms with E-state index in [9.17, 15) is 9.59 Å². The molecule has 0 saturated carbocycles. The first-order chi connectivity index (χ1) is 6.90. The molecule has 0 amide bonds. The predicted octanol–water partition coefficient (Wildman–Crippen LogP) is 3.16. The molecular weight excluding hydrogens is 188 g/mol. The van der Waals surface area contributed by atoms with Gasteiger partial charge in [-0.2, -0.15) is 0 Å². The van der Waals surface area contributed by atoms with Crippen molar-refractivity contribution in [3.05, 3.63) is 11.6 Å². The van der Waals surface area contributed by atoms with E-state index in [0.717, 1.165) is 6.42 Å². The Bertz CT molecular complexity index is 260. The van der Waals surface area contributed by atoms with Crippen LogP contribution in [0.5, 0.6) is 0 Å². The van der Waals surface area contributed by atoms with Gasteiger partial charge in [-0.05, 0) is 27.2 Å². The van der Waals surface area contributed by atoms with E-state index in [2.05, 4.69) is 0 Å². The normalized spacial score (nSPS) is 14.2. The third-order valence-corrected chi connectivity index (χ3v) is 2.62. The van der Waals surface area contributed by atoms with Crippen LogP contribution >= 0.6 is 0 Å². The average Bonchev–Trinajstić information content (AvgIpc) is 2.22. The van der Waals surface area contributed by atoms with Crippen LogP contribution in [0.1, 0.15) is 47.5 Å². The summed E-state index contributed by atoms with van der Waals surface area (Å²) in [7, 11) is 0. The minimum atomic E-state index is -0.435. The topological polar surface area (TPSA) is 34.1 Å². The highest BCUT2D eigenvalue weighted by atomic mass is 16.1. The lowest BCUT2D eigenvalue weighted by Gasteiger charge is -2.13. The number of allylic oxidation sites excluding steroid dienone is 2. The van der Waals surface area contributed by atoms with E-state index in [1.807, 2.05) is 26.8 Å². The minimum absolute atomic E-state index is 0.0454. The van der Waals surface area contributed by atoms with E-state index in [-0.39, 0.29) is 17.5 Å². The summed E-state index contributed by atoms with van der Waals surface area (Å²) in [6, 6.07) is 0. The Morgan fingerprint density at radius 3 is 2.13 bits per heavy atom. The fourth-order valence-corrected chi connectivity index (χ4v) is 1.42. The van der Waals surface area contributed by atoms with Crippen LogP contribution in [0.15, 0.2) is 11.6 Å². The maximum absolute atomic E-state index is 11.8. The third-order valence-electron chi connectivity index (χ3n) is 2.62. The van der Waals surface area contributed by atoms with Crippen LogP contribution in [0.2, 0.25) is 0 Å². The zero-order valence-electron chi connectivity index (χ0n) is 10.5. The van der Waals surface area contributed by atoms with Gasteiger partial charge in [0.05, 0.1) is 5.92 Å². The molecule has 2 heteroatoms. The zero-order chi connectivity index (χ0) is 12.0. The lowest BCUT2D eigenvalue weighted by Crippen LogP contribution is -2.25. The summed E-state index contributed by atoms with van der Waals surface area (Å²) in [6.07, 6.45) is 3.23. The second-order valence-electron chi connectivity index (χ2n) is 4.36. The van der Waals surface area contributed by atoms with Gasteiger partial charge in [-0.1, -0.05) is 25.5 Å².